The van der Waals surface area contributed by atoms with Crippen LogP contribution in [0.4, 0.5) is 0 Å². The summed E-state index contributed by atoms with van der Waals surface area (Å²) in [6.45, 7) is 11.9. The van der Waals surface area contributed by atoms with Gasteiger partial charge in [0.1, 0.15) is 0 Å². The van der Waals surface area contributed by atoms with Crippen LogP contribution in [0.2, 0.25) is 0 Å². The van der Waals surface area contributed by atoms with Crippen molar-refractivity contribution in [2.45, 2.75) is 65.6 Å². The van der Waals surface area contributed by atoms with Gasteiger partial charge in [0.2, 0.25) is 0 Å². The molecular formula is C12H26O2S. The molecule has 0 aromatic carbocycles. The van der Waals surface area contributed by atoms with Gasteiger partial charge in [-0.25, -0.2) is 8.42 Å². The zero-order chi connectivity index (χ0) is 12.3. The molecule has 0 N–H and O–H groups in total. The van der Waals surface area contributed by atoms with Crippen LogP contribution < -0.4 is 0 Å². The van der Waals surface area contributed by atoms with Crippen LogP contribution in [-0.4, -0.2) is 18.9 Å². The standard InChI is InChI=1S/C12H26O2S/c1-11(2,3)9-7-8-10-15(13,14)12(4,5)6/h7-10H2,1-6H3. The monoisotopic (exact) mass is 234 g/mol. The minimum atomic E-state index is -2.92. The highest BCUT2D eigenvalue weighted by atomic mass is 32.2. The van der Waals surface area contributed by atoms with Crippen LogP contribution in [0.3, 0.4) is 0 Å². The van der Waals surface area contributed by atoms with Gasteiger partial charge in [0.25, 0.3) is 0 Å². The molecule has 0 aromatic heterocycles. The van der Waals surface area contributed by atoms with Crippen LogP contribution >= 0.6 is 0 Å². The molecule has 0 aliphatic carbocycles. The minimum Gasteiger partial charge on any atom is -0.228 e. The summed E-state index contributed by atoms with van der Waals surface area (Å²) in [7, 11) is -2.92. The lowest BCUT2D eigenvalue weighted by Crippen LogP contribution is -2.30. The average Bonchev–Trinajstić information content (AvgIpc) is 1.94. The number of hydrogen-bond acceptors (Lipinski definition) is 2. The van der Waals surface area contributed by atoms with Gasteiger partial charge in [0, 0.05) is 0 Å². The van der Waals surface area contributed by atoms with Gasteiger partial charge < -0.3 is 0 Å². The molecule has 92 valence electrons. The summed E-state index contributed by atoms with van der Waals surface area (Å²) in [4.78, 5) is 0. The molecule has 0 radical (unpaired) electrons. The first kappa shape index (κ1) is 14.9. The molecule has 0 amide bonds. The Morgan fingerprint density at radius 1 is 0.867 bits per heavy atom. The topological polar surface area (TPSA) is 34.1 Å². The fraction of sp³-hybridized carbons (Fsp3) is 1.00. The Balaban J connectivity index is 3.99. The molecule has 0 rings (SSSR count). The van der Waals surface area contributed by atoms with E-state index in [4.69, 9.17) is 0 Å². The summed E-state index contributed by atoms with van der Waals surface area (Å²) in [5, 5.41) is 0. The summed E-state index contributed by atoms with van der Waals surface area (Å²) in [5.41, 5.74) is 0.311. The SMILES string of the molecule is CC(C)(C)CCCCS(=O)(=O)C(C)(C)C. The number of unbranched alkanes of at least 4 members (excludes halogenated alkanes) is 1. The molecule has 0 fully saturated rings. The molecule has 0 saturated heterocycles. The van der Waals surface area contributed by atoms with Gasteiger partial charge in [-0.3, -0.25) is 0 Å². The van der Waals surface area contributed by atoms with Crippen molar-refractivity contribution in [1.29, 1.82) is 0 Å². The molecule has 0 atom stereocenters. The Kier molecular flexibility index (Phi) is 4.84. The largest absolute Gasteiger partial charge is 0.228 e. The van der Waals surface area contributed by atoms with Crippen molar-refractivity contribution in [1.82, 2.24) is 0 Å². The summed E-state index contributed by atoms with van der Waals surface area (Å²) < 4.78 is 23.0. The Morgan fingerprint density at radius 3 is 1.67 bits per heavy atom. The molecule has 0 aromatic rings. The minimum absolute atomic E-state index is 0.311. The normalized spacial score (nSPS) is 14.3. The van der Waals surface area contributed by atoms with Gasteiger partial charge >= 0.3 is 0 Å². The van der Waals surface area contributed by atoms with Crippen molar-refractivity contribution in [3.63, 3.8) is 0 Å². The predicted octanol–water partition coefficient (Wildman–Crippen LogP) is 3.42. The van der Waals surface area contributed by atoms with Crippen molar-refractivity contribution in [2.75, 3.05) is 5.75 Å². The number of sulfone groups is 1. The Morgan fingerprint density at radius 2 is 1.33 bits per heavy atom. The van der Waals surface area contributed by atoms with Gasteiger partial charge in [-0.1, -0.05) is 27.2 Å². The van der Waals surface area contributed by atoms with E-state index in [9.17, 15) is 8.42 Å². The van der Waals surface area contributed by atoms with E-state index in [-0.39, 0.29) is 0 Å². The van der Waals surface area contributed by atoms with Crippen molar-refractivity contribution in [3.05, 3.63) is 0 Å². The van der Waals surface area contributed by atoms with Crippen LogP contribution in [-0.2, 0) is 9.84 Å². The van der Waals surface area contributed by atoms with Crippen molar-refractivity contribution >= 4 is 9.84 Å². The van der Waals surface area contributed by atoms with E-state index in [1.807, 2.05) is 0 Å². The molecule has 0 saturated carbocycles. The summed E-state index contributed by atoms with van der Waals surface area (Å²) in [5.74, 6) is 0.326. The highest BCUT2D eigenvalue weighted by molar-refractivity contribution is 7.92. The van der Waals surface area contributed by atoms with Crippen molar-refractivity contribution in [2.24, 2.45) is 5.41 Å². The first-order valence-corrected chi connectivity index (χ1v) is 7.33. The zero-order valence-electron chi connectivity index (χ0n) is 11.1. The fourth-order valence-electron chi connectivity index (χ4n) is 1.25. The van der Waals surface area contributed by atoms with Crippen LogP contribution in [0, 0.1) is 5.41 Å². The summed E-state index contributed by atoms with van der Waals surface area (Å²) in [6.07, 6.45) is 2.88. The van der Waals surface area contributed by atoms with Crippen molar-refractivity contribution in [3.8, 4) is 0 Å². The maximum absolute atomic E-state index is 11.8. The molecule has 0 aliphatic rings. The third-order valence-corrected chi connectivity index (χ3v) is 5.22. The Bertz CT molecular complexity index is 276. The van der Waals surface area contributed by atoms with E-state index in [0.29, 0.717) is 11.2 Å². The van der Waals surface area contributed by atoms with E-state index in [0.717, 1.165) is 19.3 Å². The second-order valence-corrected chi connectivity index (χ2v) is 9.31. The van der Waals surface area contributed by atoms with Crippen molar-refractivity contribution < 1.29 is 8.42 Å². The Hall–Kier alpha value is -0.0500. The maximum atomic E-state index is 11.8. The van der Waals surface area contributed by atoms with E-state index in [1.165, 1.54) is 0 Å². The predicted molar refractivity (Wildman–Crippen MR) is 66.8 cm³/mol. The molecule has 0 spiro atoms. The maximum Gasteiger partial charge on any atom is 0.155 e. The smallest absolute Gasteiger partial charge is 0.155 e. The number of rotatable bonds is 4. The highest BCUT2D eigenvalue weighted by Gasteiger charge is 2.28. The van der Waals surface area contributed by atoms with Crippen LogP contribution in [0.1, 0.15) is 60.8 Å². The fourth-order valence-corrected chi connectivity index (χ4v) is 2.45. The molecule has 15 heavy (non-hydrogen) atoms. The van der Waals surface area contributed by atoms with E-state index >= 15 is 0 Å². The van der Waals surface area contributed by atoms with Crippen LogP contribution in [0.15, 0.2) is 0 Å². The van der Waals surface area contributed by atoms with Gasteiger partial charge in [-0.05, 0) is 39.0 Å². The molecular weight excluding hydrogens is 208 g/mol. The summed E-state index contributed by atoms with van der Waals surface area (Å²) in [6, 6.07) is 0. The third kappa shape index (κ3) is 6.18. The van der Waals surface area contributed by atoms with Gasteiger partial charge in [-0.2, -0.15) is 0 Å². The quantitative estimate of drug-likeness (QED) is 0.699. The van der Waals surface area contributed by atoms with Gasteiger partial charge in [-0.15, -0.1) is 0 Å². The van der Waals surface area contributed by atoms with Gasteiger partial charge in [0.15, 0.2) is 9.84 Å². The molecule has 2 nitrogen and oxygen atoms in total. The third-order valence-electron chi connectivity index (χ3n) is 2.52. The molecule has 0 aliphatic heterocycles. The van der Waals surface area contributed by atoms with Crippen LogP contribution in [0.25, 0.3) is 0 Å². The first-order chi connectivity index (χ1) is 6.46. The second kappa shape index (κ2) is 4.86. The highest BCUT2D eigenvalue weighted by Crippen LogP contribution is 2.23. The second-order valence-electron chi connectivity index (χ2n) is 6.45. The molecule has 0 unspecified atom stereocenters. The average molecular weight is 234 g/mol. The molecule has 0 heterocycles. The molecule has 3 heteroatoms. The lowest BCUT2D eigenvalue weighted by atomic mass is 9.90. The van der Waals surface area contributed by atoms with E-state index in [1.54, 1.807) is 20.8 Å². The summed E-state index contributed by atoms with van der Waals surface area (Å²) >= 11 is 0. The van der Waals surface area contributed by atoms with E-state index in [2.05, 4.69) is 20.8 Å². The van der Waals surface area contributed by atoms with E-state index < -0.39 is 14.6 Å². The lowest BCUT2D eigenvalue weighted by Gasteiger charge is -2.20. The zero-order valence-corrected chi connectivity index (χ0v) is 11.9. The lowest BCUT2D eigenvalue weighted by molar-refractivity contribution is 0.363. The van der Waals surface area contributed by atoms with Gasteiger partial charge in [0.05, 0.1) is 10.5 Å². The first-order valence-electron chi connectivity index (χ1n) is 5.68. The Labute approximate surface area is 95.4 Å². The number of hydrogen-bond donors (Lipinski definition) is 0. The molecule has 0 bridgehead atoms. The van der Waals surface area contributed by atoms with Crippen LogP contribution in [0.5, 0.6) is 0 Å².